The second-order valence-electron chi connectivity index (χ2n) is 6.18. The van der Waals surface area contributed by atoms with E-state index in [0.29, 0.717) is 24.2 Å². The van der Waals surface area contributed by atoms with Crippen molar-refractivity contribution in [2.45, 2.75) is 32.4 Å². The van der Waals surface area contributed by atoms with Gasteiger partial charge in [0.2, 0.25) is 5.91 Å². The monoisotopic (exact) mass is 345 g/mol. The van der Waals surface area contributed by atoms with Crippen LogP contribution in [0.25, 0.3) is 0 Å². The van der Waals surface area contributed by atoms with Crippen molar-refractivity contribution in [3.63, 3.8) is 0 Å². The topological polar surface area (TPSA) is 76.8 Å². The van der Waals surface area contributed by atoms with Crippen molar-refractivity contribution in [3.05, 3.63) is 35.6 Å². The molecule has 1 aliphatic carbocycles. The van der Waals surface area contributed by atoms with Gasteiger partial charge in [-0.1, -0.05) is 5.16 Å². The molecule has 0 aliphatic heterocycles. The van der Waals surface area contributed by atoms with Gasteiger partial charge in [-0.3, -0.25) is 9.69 Å². The summed E-state index contributed by atoms with van der Waals surface area (Å²) in [5.74, 6) is 2.56. The molecule has 0 saturated heterocycles. The van der Waals surface area contributed by atoms with Crippen LogP contribution in [0.5, 0.6) is 11.5 Å². The molecular weight excluding hydrogens is 322 g/mol. The number of aromatic nitrogens is 1. The molecule has 0 radical (unpaired) electrons. The number of anilines is 1. The van der Waals surface area contributed by atoms with Crippen LogP contribution < -0.4 is 14.8 Å². The number of carbonyl (C=O) groups excluding carboxylic acids is 1. The molecule has 1 N–H and O–H groups in total. The minimum absolute atomic E-state index is 0.109. The fourth-order valence-electron chi connectivity index (χ4n) is 2.77. The van der Waals surface area contributed by atoms with Gasteiger partial charge in [-0.2, -0.15) is 0 Å². The van der Waals surface area contributed by atoms with Crippen LogP contribution >= 0.6 is 0 Å². The number of rotatable bonds is 8. The molecule has 1 fully saturated rings. The number of methoxy groups -OCH3 is 2. The summed E-state index contributed by atoms with van der Waals surface area (Å²) < 4.78 is 15.7. The lowest BCUT2D eigenvalue weighted by Gasteiger charge is -2.22. The maximum Gasteiger partial charge on any atom is 0.239 e. The molecule has 1 heterocycles. The van der Waals surface area contributed by atoms with Crippen LogP contribution in [0.15, 0.2) is 28.8 Å². The number of benzene rings is 1. The molecule has 25 heavy (non-hydrogen) atoms. The third-order valence-electron chi connectivity index (χ3n) is 4.17. The minimum atomic E-state index is -0.109. The Bertz CT molecular complexity index is 740. The van der Waals surface area contributed by atoms with Gasteiger partial charge in [-0.05, 0) is 38.0 Å². The molecule has 1 saturated carbocycles. The van der Waals surface area contributed by atoms with Crippen LogP contribution in [0.2, 0.25) is 0 Å². The first kappa shape index (κ1) is 17.3. The first-order valence-electron chi connectivity index (χ1n) is 8.27. The van der Waals surface area contributed by atoms with Gasteiger partial charge in [0.25, 0.3) is 0 Å². The molecule has 1 amide bonds. The molecule has 3 rings (SSSR count). The van der Waals surface area contributed by atoms with E-state index in [2.05, 4.69) is 15.4 Å². The Hall–Kier alpha value is -2.54. The Morgan fingerprint density at radius 2 is 2.12 bits per heavy atom. The van der Waals surface area contributed by atoms with Crippen molar-refractivity contribution in [1.82, 2.24) is 10.1 Å². The van der Waals surface area contributed by atoms with Crippen molar-refractivity contribution in [2.24, 2.45) is 0 Å². The fraction of sp³-hybridized carbons (Fsp3) is 0.444. The van der Waals surface area contributed by atoms with Gasteiger partial charge in [-0.15, -0.1) is 0 Å². The van der Waals surface area contributed by atoms with E-state index < -0.39 is 0 Å². The first-order chi connectivity index (χ1) is 12.1. The van der Waals surface area contributed by atoms with Crippen molar-refractivity contribution < 1.29 is 18.8 Å². The molecule has 1 aliphatic rings. The second kappa shape index (κ2) is 7.57. The summed E-state index contributed by atoms with van der Waals surface area (Å²) in [4.78, 5) is 14.5. The highest BCUT2D eigenvalue weighted by atomic mass is 16.5. The van der Waals surface area contributed by atoms with Gasteiger partial charge in [0, 0.05) is 24.2 Å². The Kier molecular flexibility index (Phi) is 5.23. The predicted molar refractivity (Wildman–Crippen MR) is 92.8 cm³/mol. The van der Waals surface area contributed by atoms with Crippen molar-refractivity contribution >= 4 is 11.7 Å². The van der Waals surface area contributed by atoms with Gasteiger partial charge >= 0.3 is 0 Å². The molecular formula is C18H23N3O4. The van der Waals surface area contributed by atoms with Crippen molar-refractivity contribution in [2.75, 3.05) is 26.1 Å². The fourth-order valence-corrected chi connectivity index (χ4v) is 2.77. The normalized spacial score (nSPS) is 13.8. The van der Waals surface area contributed by atoms with Crippen LogP contribution in [0, 0.1) is 6.92 Å². The second-order valence-corrected chi connectivity index (χ2v) is 6.18. The number of amides is 1. The molecule has 1 aromatic carbocycles. The summed E-state index contributed by atoms with van der Waals surface area (Å²) in [5, 5.41) is 6.57. The smallest absolute Gasteiger partial charge is 0.239 e. The summed E-state index contributed by atoms with van der Waals surface area (Å²) >= 11 is 0. The Labute approximate surface area is 146 Å². The van der Waals surface area contributed by atoms with Crippen LogP contribution in [0.1, 0.15) is 24.2 Å². The summed E-state index contributed by atoms with van der Waals surface area (Å²) in [6, 6.07) is 7.82. The zero-order chi connectivity index (χ0) is 17.8. The third kappa shape index (κ3) is 4.51. The number of hydrogen-bond acceptors (Lipinski definition) is 6. The van der Waals surface area contributed by atoms with E-state index in [1.807, 2.05) is 18.2 Å². The molecule has 0 spiro atoms. The maximum atomic E-state index is 12.3. The zero-order valence-electron chi connectivity index (χ0n) is 14.7. The minimum Gasteiger partial charge on any atom is -0.497 e. The lowest BCUT2D eigenvalue weighted by molar-refractivity contribution is -0.117. The number of nitrogens with zero attached hydrogens (tertiary/aromatic N) is 2. The van der Waals surface area contributed by atoms with Crippen molar-refractivity contribution in [3.8, 4) is 11.5 Å². The Morgan fingerprint density at radius 3 is 2.72 bits per heavy atom. The van der Waals surface area contributed by atoms with Crippen LogP contribution in [-0.2, 0) is 11.3 Å². The summed E-state index contributed by atoms with van der Waals surface area (Å²) in [7, 11) is 3.28. The largest absolute Gasteiger partial charge is 0.497 e. The van der Waals surface area contributed by atoms with E-state index >= 15 is 0 Å². The highest BCUT2D eigenvalue weighted by Gasteiger charge is 2.31. The molecule has 1 aromatic heterocycles. The summed E-state index contributed by atoms with van der Waals surface area (Å²) in [6.07, 6.45) is 2.20. The molecule has 0 unspecified atom stereocenters. The number of ether oxygens (including phenoxy) is 2. The summed E-state index contributed by atoms with van der Waals surface area (Å²) in [5.41, 5.74) is 0.999. The number of hydrogen-bond donors (Lipinski definition) is 1. The van der Waals surface area contributed by atoms with Gasteiger partial charge in [-0.25, -0.2) is 0 Å². The third-order valence-corrected chi connectivity index (χ3v) is 4.17. The SMILES string of the molecule is COc1ccc(OC)c(CN(CC(=O)Nc2cc(C)on2)C2CC2)c1. The Morgan fingerprint density at radius 1 is 1.32 bits per heavy atom. The van der Waals surface area contributed by atoms with Crippen molar-refractivity contribution in [1.29, 1.82) is 0 Å². The van der Waals surface area contributed by atoms with E-state index in [4.69, 9.17) is 14.0 Å². The standard InChI is InChI=1S/C18H23N3O4/c1-12-8-17(20-25-12)19-18(22)11-21(14-4-5-14)10-13-9-15(23-2)6-7-16(13)24-3/h6-9,14H,4-5,10-11H2,1-3H3,(H,19,20,22). The van der Waals surface area contributed by atoms with E-state index in [1.165, 1.54) is 0 Å². The van der Waals surface area contributed by atoms with Gasteiger partial charge in [0.05, 0.1) is 20.8 Å². The summed E-state index contributed by atoms with van der Waals surface area (Å²) in [6.45, 7) is 2.70. The van der Waals surface area contributed by atoms with Gasteiger partial charge in [0.15, 0.2) is 5.82 Å². The molecule has 2 aromatic rings. The number of carbonyl (C=O) groups is 1. The van der Waals surface area contributed by atoms with Crippen LogP contribution in [0.4, 0.5) is 5.82 Å². The van der Waals surface area contributed by atoms with E-state index in [-0.39, 0.29) is 12.5 Å². The van der Waals surface area contributed by atoms with E-state index in [0.717, 1.165) is 29.9 Å². The highest BCUT2D eigenvalue weighted by molar-refractivity contribution is 5.91. The van der Waals surface area contributed by atoms with Crippen LogP contribution in [0.3, 0.4) is 0 Å². The van der Waals surface area contributed by atoms with E-state index in [1.54, 1.807) is 27.2 Å². The average Bonchev–Trinajstić information content (AvgIpc) is 3.37. The lowest BCUT2D eigenvalue weighted by atomic mass is 10.1. The van der Waals surface area contributed by atoms with Gasteiger partial charge in [0.1, 0.15) is 17.3 Å². The molecule has 134 valence electrons. The molecule has 7 nitrogen and oxygen atoms in total. The number of nitrogens with one attached hydrogen (secondary N) is 1. The Balaban J connectivity index is 1.68. The van der Waals surface area contributed by atoms with E-state index in [9.17, 15) is 4.79 Å². The molecule has 0 atom stereocenters. The molecule has 7 heteroatoms. The predicted octanol–water partition coefficient (Wildman–Crippen LogP) is 2.60. The highest BCUT2D eigenvalue weighted by Crippen LogP contribution is 2.31. The number of aryl methyl sites for hydroxylation is 1. The quantitative estimate of drug-likeness (QED) is 0.792. The average molecular weight is 345 g/mol. The van der Waals surface area contributed by atoms with Crippen LogP contribution in [-0.4, -0.2) is 42.8 Å². The maximum absolute atomic E-state index is 12.3. The first-order valence-corrected chi connectivity index (χ1v) is 8.27. The molecule has 0 bridgehead atoms. The zero-order valence-corrected chi connectivity index (χ0v) is 14.7. The lowest BCUT2D eigenvalue weighted by Crippen LogP contribution is -2.34. The van der Waals surface area contributed by atoms with Gasteiger partial charge < -0.3 is 19.3 Å².